The minimum absolute atomic E-state index is 0.0413. The van der Waals surface area contributed by atoms with Gasteiger partial charge in [0.05, 0.1) is 6.10 Å². The van der Waals surface area contributed by atoms with Gasteiger partial charge in [-0.25, -0.2) is 0 Å². The van der Waals surface area contributed by atoms with Gasteiger partial charge >= 0.3 is 0 Å². The third-order valence-corrected chi connectivity index (χ3v) is 9.03. The normalized spacial score (nSPS) is 57.9. The molecule has 0 heterocycles. The first kappa shape index (κ1) is 15.4. The number of hydrogen-bond acceptors (Lipinski definition) is 2. The maximum absolute atomic E-state index is 12.4. The van der Waals surface area contributed by atoms with E-state index in [-0.39, 0.29) is 22.3 Å². The third kappa shape index (κ3) is 1.86. The maximum Gasteiger partial charge on any atom is 0.139 e. The molecule has 0 saturated heterocycles. The highest BCUT2D eigenvalue weighted by molar-refractivity contribution is 6.21. The van der Waals surface area contributed by atoms with Crippen molar-refractivity contribution >= 4 is 17.4 Å². The van der Waals surface area contributed by atoms with Gasteiger partial charge in [-0.1, -0.05) is 13.8 Å². The zero-order chi connectivity index (χ0) is 15.7. The Labute approximate surface area is 139 Å². The van der Waals surface area contributed by atoms with E-state index in [0.717, 1.165) is 38.5 Å². The first-order chi connectivity index (χ1) is 10.4. The summed E-state index contributed by atoms with van der Waals surface area (Å²) in [5.74, 6) is 3.02. The molecule has 3 heteroatoms. The molecule has 124 valence electrons. The van der Waals surface area contributed by atoms with Crippen molar-refractivity contribution in [2.75, 3.05) is 0 Å². The van der Waals surface area contributed by atoms with E-state index < -0.39 is 0 Å². The summed E-state index contributed by atoms with van der Waals surface area (Å²) in [5, 5.41) is 10.2. The fourth-order valence-electron chi connectivity index (χ4n) is 7.02. The SMILES string of the molecule is C[C@]12C(Cl)C[C@@H](O)C[C@@H]1CC[C@@H]1[C@@H]2CC[C@]2(C)C(=O)CC[C@@H]12. The second-order valence-corrected chi connectivity index (χ2v) is 9.55. The Kier molecular flexibility index (Phi) is 3.48. The molecule has 4 aliphatic carbocycles. The highest BCUT2D eigenvalue weighted by Crippen LogP contribution is 2.66. The molecule has 0 aliphatic heterocycles. The number of aliphatic hydroxyl groups excluding tert-OH is 1. The lowest BCUT2D eigenvalue weighted by Crippen LogP contribution is -2.58. The third-order valence-electron chi connectivity index (χ3n) is 8.38. The van der Waals surface area contributed by atoms with Crippen molar-refractivity contribution in [3.63, 3.8) is 0 Å². The fraction of sp³-hybridized carbons (Fsp3) is 0.947. The average molecular weight is 325 g/mol. The maximum atomic E-state index is 12.4. The molecule has 4 saturated carbocycles. The smallest absolute Gasteiger partial charge is 0.139 e. The van der Waals surface area contributed by atoms with Gasteiger partial charge in [0.1, 0.15) is 5.78 Å². The van der Waals surface area contributed by atoms with Crippen LogP contribution in [-0.4, -0.2) is 22.4 Å². The second-order valence-electron chi connectivity index (χ2n) is 9.03. The van der Waals surface area contributed by atoms with Gasteiger partial charge in [-0.05, 0) is 74.0 Å². The second kappa shape index (κ2) is 4.96. The van der Waals surface area contributed by atoms with E-state index in [4.69, 9.17) is 11.6 Å². The standard InChI is InChI=1S/C19H29ClO2/c1-18-8-7-15-13(14(18)5-6-17(18)22)4-3-11-9-12(21)10-16(20)19(11,15)2/h11-16,21H,3-10H2,1-2H3/t11-,12-,13-,14-,15-,16?,18-,19-/m0/s1. The Morgan fingerprint density at radius 1 is 1.09 bits per heavy atom. The van der Waals surface area contributed by atoms with Crippen molar-refractivity contribution < 1.29 is 9.90 Å². The summed E-state index contributed by atoms with van der Waals surface area (Å²) in [6.45, 7) is 4.64. The molecule has 4 aliphatic rings. The van der Waals surface area contributed by atoms with Crippen LogP contribution in [0.4, 0.5) is 0 Å². The van der Waals surface area contributed by atoms with Crippen LogP contribution in [0.5, 0.6) is 0 Å². The molecular weight excluding hydrogens is 296 g/mol. The minimum Gasteiger partial charge on any atom is -0.393 e. The van der Waals surface area contributed by atoms with Gasteiger partial charge in [0.25, 0.3) is 0 Å². The summed E-state index contributed by atoms with van der Waals surface area (Å²) >= 11 is 6.83. The Morgan fingerprint density at radius 3 is 2.64 bits per heavy atom. The van der Waals surface area contributed by atoms with Crippen LogP contribution < -0.4 is 0 Å². The molecule has 0 radical (unpaired) electrons. The molecule has 1 unspecified atom stereocenters. The summed E-state index contributed by atoms with van der Waals surface area (Å²) in [7, 11) is 0. The molecular formula is C19H29ClO2. The Hall–Kier alpha value is -0.0800. The number of carbonyl (C=O) groups is 1. The number of carbonyl (C=O) groups excluding carboxylic acids is 1. The number of fused-ring (bicyclic) bond motifs is 5. The van der Waals surface area contributed by atoms with Gasteiger partial charge in [0.15, 0.2) is 0 Å². The number of hydrogen-bond donors (Lipinski definition) is 1. The van der Waals surface area contributed by atoms with Crippen molar-refractivity contribution in [2.24, 2.45) is 34.5 Å². The Bertz CT molecular complexity index is 492. The minimum atomic E-state index is -0.209. The topological polar surface area (TPSA) is 37.3 Å². The van der Waals surface area contributed by atoms with Crippen LogP contribution in [0.3, 0.4) is 0 Å². The number of rotatable bonds is 0. The molecule has 0 bridgehead atoms. The van der Waals surface area contributed by atoms with Gasteiger partial charge in [0, 0.05) is 17.2 Å². The van der Waals surface area contributed by atoms with E-state index in [1.165, 1.54) is 12.8 Å². The molecule has 8 atom stereocenters. The van der Waals surface area contributed by atoms with Gasteiger partial charge < -0.3 is 5.11 Å². The lowest BCUT2D eigenvalue weighted by atomic mass is 9.45. The zero-order valence-electron chi connectivity index (χ0n) is 13.9. The van der Waals surface area contributed by atoms with Gasteiger partial charge in [-0.2, -0.15) is 0 Å². The molecule has 4 fully saturated rings. The van der Waals surface area contributed by atoms with Crippen LogP contribution in [0.2, 0.25) is 0 Å². The van der Waals surface area contributed by atoms with Crippen molar-refractivity contribution in [2.45, 2.75) is 76.7 Å². The van der Waals surface area contributed by atoms with Crippen LogP contribution in [-0.2, 0) is 4.79 Å². The molecule has 0 aromatic carbocycles. The lowest BCUT2D eigenvalue weighted by Gasteiger charge is -2.61. The molecule has 0 aromatic rings. The van der Waals surface area contributed by atoms with E-state index in [1.807, 2.05) is 0 Å². The first-order valence-electron chi connectivity index (χ1n) is 9.23. The van der Waals surface area contributed by atoms with Crippen LogP contribution >= 0.6 is 11.6 Å². The summed E-state index contributed by atoms with van der Waals surface area (Å²) in [4.78, 5) is 12.4. The predicted molar refractivity (Wildman–Crippen MR) is 87.8 cm³/mol. The summed E-state index contributed by atoms with van der Waals surface area (Å²) in [6, 6.07) is 0. The summed E-state index contributed by atoms with van der Waals surface area (Å²) in [6.07, 6.45) is 8.04. The number of halogens is 1. The number of aliphatic hydroxyl groups is 1. The number of alkyl halides is 1. The fourth-order valence-corrected chi connectivity index (χ4v) is 7.56. The molecule has 0 amide bonds. The van der Waals surface area contributed by atoms with Crippen LogP contribution in [0.1, 0.15) is 65.2 Å². The number of Topliss-reactive ketones (excluding diaryl/α,β-unsaturated/α-hetero) is 1. The monoisotopic (exact) mass is 324 g/mol. The van der Waals surface area contributed by atoms with Gasteiger partial charge in [-0.3, -0.25) is 4.79 Å². The van der Waals surface area contributed by atoms with Crippen molar-refractivity contribution in [1.29, 1.82) is 0 Å². The molecule has 2 nitrogen and oxygen atoms in total. The van der Waals surface area contributed by atoms with Gasteiger partial charge in [0.2, 0.25) is 0 Å². The lowest BCUT2D eigenvalue weighted by molar-refractivity contribution is -0.141. The summed E-state index contributed by atoms with van der Waals surface area (Å²) in [5.41, 5.74) is 0.122. The van der Waals surface area contributed by atoms with E-state index in [9.17, 15) is 9.90 Å². The van der Waals surface area contributed by atoms with Crippen LogP contribution in [0.15, 0.2) is 0 Å². The van der Waals surface area contributed by atoms with Crippen LogP contribution in [0.25, 0.3) is 0 Å². The average Bonchev–Trinajstić information content (AvgIpc) is 2.77. The summed E-state index contributed by atoms with van der Waals surface area (Å²) < 4.78 is 0. The highest BCUT2D eigenvalue weighted by atomic mass is 35.5. The van der Waals surface area contributed by atoms with E-state index in [0.29, 0.717) is 29.5 Å². The first-order valence-corrected chi connectivity index (χ1v) is 9.66. The molecule has 0 spiro atoms. The van der Waals surface area contributed by atoms with Crippen molar-refractivity contribution in [3.05, 3.63) is 0 Å². The largest absolute Gasteiger partial charge is 0.393 e. The Morgan fingerprint density at radius 2 is 1.86 bits per heavy atom. The number of ketones is 1. The predicted octanol–water partition coefficient (Wildman–Crippen LogP) is 4.18. The van der Waals surface area contributed by atoms with E-state index >= 15 is 0 Å². The highest BCUT2D eigenvalue weighted by Gasteiger charge is 2.62. The van der Waals surface area contributed by atoms with Gasteiger partial charge in [-0.15, -0.1) is 11.6 Å². The quantitative estimate of drug-likeness (QED) is 0.679. The molecule has 22 heavy (non-hydrogen) atoms. The zero-order valence-corrected chi connectivity index (χ0v) is 14.6. The molecule has 1 N–H and O–H groups in total. The molecule has 4 rings (SSSR count). The van der Waals surface area contributed by atoms with Crippen LogP contribution in [0, 0.1) is 34.5 Å². The molecule has 0 aromatic heterocycles. The van der Waals surface area contributed by atoms with Crippen molar-refractivity contribution in [1.82, 2.24) is 0 Å². The van der Waals surface area contributed by atoms with Crippen molar-refractivity contribution in [3.8, 4) is 0 Å². The Balaban J connectivity index is 1.67. The van der Waals surface area contributed by atoms with E-state index in [1.54, 1.807) is 0 Å². The van der Waals surface area contributed by atoms with E-state index in [2.05, 4.69) is 13.8 Å².